The number of aliphatic hydroxyl groups excluding tert-OH is 1. The lowest BCUT2D eigenvalue weighted by molar-refractivity contribution is -0.134. The van der Waals surface area contributed by atoms with Gasteiger partial charge in [0.05, 0.1) is 6.61 Å². The molecule has 0 aromatic heterocycles. The molecule has 2 N–H and O–H groups in total. The number of hydrogen-bond acceptors (Lipinski definition) is 3. The summed E-state index contributed by atoms with van der Waals surface area (Å²) in [4.78, 5) is 12.8. The molecule has 0 rings (SSSR count). The van der Waals surface area contributed by atoms with Crippen molar-refractivity contribution in [1.82, 2.24) is 10.4 Å². The summed E-state index contributed by atoms with van der Waals surface area (Å²) in [6.07, 6.45) is 42.6. The quantitative estimate of drug-likeness (QED) is 0.0560. The highest BCUT2D eigenvalue weighted by Crippen LogP contribution is 2.15. The third-order valence-electron chi connectivity index (χ3n) is 8.94. The van der Waals surface area contributed by atoms with Gasteiger partial charge in [0.25, 0.3) is 0 Å². The van der Waals surface area contributed by atoms with Crippen molar-refractivity contribution in [3.8, 4) is 0 Å². The summed E-state index contributed by atoms with van der Waals surface area (Å²) in [6.45, 7) is 5.88. The van der Waals surface area contributed by atoms with Crippen LogP contribution in [0.5, 0.6) is 0 Å². The van der Waals surface area contributed by atoms with E-state index in [2.05, 4.69) is 19.3 Å². The van der Waals surface area contributed by atoms with Crippen LogP contribution in [0.3, 0.4) is 0 Å². The number of carbonyl (C=O) groups excluding carboxylic acids is 1. The lowest BCUT2D eigenvalue weighted by atomic mass is 10.0. The Hall–Kier alpha value is -0.610. The molecular formula is C38H78N2O2. The Labute approximate surface area is 264 Å². The summed E-state index contributed by atoms with van der Waals surface area (Å²) < 4.78 is 0. The Bertz CT molecular complexity index is 513. The minimum Gasteiger partial charge on any atom is -0.395 e. The summed E-state index contributed by atoms with van der Waals surface area (Å²) >= 11 is 0. The summed E-state index contributed by atoms with van der Waals surface area (Å²) in [5.41, 5.74) is 3.16. The van der Waals surface area contributed by atoms with Crippen molar-refractivity contribution < 1.29 is 9.90 Å². The molecule has 0 spiro atoms. The van der Waals surface area contributed by atoms with Crippen LogP contribution in [0, 0.1) is 0 Å². The second kappa shape index (κ2) is 36.6. The molecule has 0 aliphatic rings. The number of unbranched alkanes of at least 4 members (excludes halogenated alkanes) is 29. The van der Waals surface area contributed by atoms with Gasteiger partial charge in [0.2, 0.25) is 5.91 Å². The van der Waals surface area contributed by atoms with Crippen molar-refractivity contribution in [2.45, 2.75) is 219 Å². The second-order valence-electron chi connectivity index (χ2n) is 13.2. The van der Waals surface area contributed by atoms with Crippen molar-refractivity contribution in [2.75, 3.05) is 19.7 Å². The molecule has 0 aliphatic heterocycles. The van der Waals surface area contributed by atoms with Crippen molar-refractivity contribution in [1.29, 1.82) is 0 Å². The van der Waals surface area contributed by atoms with Gasteiger partial charge in [0, 0.05) is 19.5 Å². The molecule has 4 heteroatoms. The van der Waals surface area contributed by atoms with E-state index in [0.29, 0.717) is 13.0 Å². The minimum absolute atomic E-state index is 0.0711. The van der Waals surface area contributed by atoms with Crippen molar-refractivity contribution >= 4 is 5.91 Å². The van der Waals surface area contributed by atoms with Crippen LogP contribution >= 0.6 is 0 Å². The minimum atomic E-state index is 0.0711. The van der Waals surface area contributed by atoms with Gasteiger partial charge in [0.15, 0.2) is 0 Å². The Morgan fingerprint density at radius 1 is 0.452 bits per heavy atom. The number of aliphatic hydroxyl groups is 1. The molecular weight excluding hydrogens is 516 g/mol. The summed E-state index contributed by atoms with van der Waals surface area (Å²) in [5.74, 6) is 0.208. The van der Waals surface area contributed by atoms with Crippen LogP contribution in [0.1, 0.15) is 219 Å². The van der Waals surface area contributed by atoms with Gasteiger partial charge in [-0.1, -0.05) is 200 Å². The number of amides is 1. The van der Waals surface area contributed by atoms with Crippen molar-refractivity contribution in [2.24, 2.45) is 0 Å². The highest BCUT2D eigenvalue weighted by atomic mass is 16.3. The molecule has 0 saturated heterocycles. The number of hydrazine groups is 1. The fourth-order valence-electron chi connectivity index (χ4n) is 6.08. The molecule has 0 heterocycles. The molecule has 0 fully saturated rings. The molecule has 42 heavy (non-hydrogen) atoms. The lowest BCUT2D eigenvalue weighted by Crippen LogP contribution is -2.44. The summed E-state index contributed by atoms with van der Waals surface area (Å²) in [6, 6.07) is 0. The van der Waals surface area contributed by atoms with E-state index in [9.17, 15) is 9.90 Å². The first kappa shape index (κ1) is 41.4. The number of nitrogens with zero attached hydrogens (tertiary/aromatic N) is 1. The van der Waals surface area contributed by atoms with E-state index in [1.165, 1.54) is 180 Å². The fraction of sp³-hybridized carbons (Fsp3) is 0.974. The van der Waals surface area contributed by atoms with Gasteiger partial charge in [0.1, 0.15) is 0 Å². The van der Waals surface area contributed by atoms with E-state index in [-0.39, 0.29) is 12.5 Å². The SMILES string of the molecule is CCCCCCCCCCCCCCCCCCN(NCCO)C(=O)CCCCCCCCCCCCCCCCC. The van der Waals surface area contributed by atoms with E-state index in [1.807, 2.05) is 0 Å². The topological polar surface area (TPSA) is 52.6 Å². The molecule has 0 saturated carbocycles. The summed E-state index contributed by atoms with van der Waals surface area (Å²) in [5, 5.41) is 11.0. The highest BCUT2D eigenvalue weighted by molar-refractivity contribution is 5.75. The Kier molecular flexibility index (Phi) is 36.0. The smallest absolute Gasteiger partial charge is 0.236 e. The van der Waals surface area contributed by atoms with E-state index in [1.54, 1.807) is 5.01 Å². The van der Waals surface area contributed by atoms with Gasteiger partial charge >= 0.3 is 0 Å². The first-order valence-corrected chi connectivity index (χ1v) is 19.4. The molecule has 252 valence electrons. The van der Waals surface area contributed by atoms with E-state index >= 15 is 0 Å². The van der Waals surface area contributed by atoms with Crippen molar-refractivity contribution in [3.63, 3.8) is 0 Å². The standard InChI is InChI=1S/C38H78N2O2/c1-3-5-7-9-11-13-15-17-19-21-23-25-27-29-31-33-36-40(39-35-37-41)38(42)34-32-30-28-26-24-22-20-18-16-14-12-10-8-6-4-2/h39,41H,3-37H2,1-2H3. The molecule has 4 nitrogen and oxygen atoms in total. The van der Waals surface area contributed by atoms with Crippen LogP contribution < -0.4 is 5.43 Å². The van der Waals surface area contributed by atoms with Crippen LogP contribution in [0.25, 0.3) is 0 Å². The highest BCUT2D eigenvalue weighted by Gasteiger charge is 2.12. The number of rotatable bonds is 36. The molecule has 0 unspecified atom stereocenters. The second-order valence-corrected chi connectivity index (χ2v) is 13.2. The monoisotopic (exact) mass is 595 g/mol. The maximum atomic E-state index is 12.8. The first-order valence-electron chi connectivity index (χ1n) is 19.4. The Morgan fingerprint density at radius 3 is 1.05 bits per heavy atom. The summed E-state index contributed by atoms with van der Waals surface area (Å²) in [7, 11) is 0. The van der Waals surface area contributed by atoms with Gasteiger partial charge < -0.3 is 5.11 Å². The van der Waals surface area contributed by atoms with E-state index in [0.717, 1.165) is 25.8 Å². The molecule has 0 aromatic rings. The number of hydrogen-bond donors (Lipinski definition) is 2. The lowest BCUT2D eigenvalue weighted by Gasteiger charge is -2.23. The molecule has 0 bridgehead atoms. The van der Waals surface area contributed by atoms with E-state index < -0.39 is 0 Å². The van der Waals surface area contributed by atoms with Gasteiger partial charge in [-0.25, -0.2) is 5.43 Å². The van der Waals surface area contributed by atoms with Crippen LogP contribution in [0.15, 0.2) is 0 Å². The molecule has 0 aliphatic carbocycles. The van der Waals surface area contributed by atoms with Gasteiger partial charge in [-0.2, -0.15) is 0 Å². The van der Waals surface area contributed by atoms with Crippen LogP contribution in [-0.2, 0) is 4.79 Å². The number of nitrogens with one attached hydrogen (secondary N) is 1. The zero-order chi connectivity index (χ0) is 30.6. The first-order chi connectivity index (χ1) is 20.8. The molecule has 1 amide bonds. The largest absolute Gasteiger partial charge is 0.395 e. The molecule has 0 atom stereocenters. The van der Waals surface area contributed by atoms with Gasteiger partial charge in [-0.3, -0.25) is 9.80 Å². The van der Waals surface area contributed by atoms with E-state index in [4.69, 9.17) is 0 Å². The van der Waals surface area contributed by atoms with Gasteiger partial charge in [-0.15, -0.1) is 0 Å². The number of carbonyl (C=O) groups is 1. The predicted molar refractivity (Wildman–Crippen MR) is 186 cm³/mol. The normalized spacial score (nSPS) is 11.4. The zero-order valence-corrected chi connectivity index (χ0v) is 29.1. The maximum absolute atomic E-state index is 12.8. The molecule has 0 radical (unpaired) electrons. The Morgan fingerprint density at radius 2 is 0.738 bits per heavy atom. The van der Waals surface area contributed by atoms with Crippen LogP contribution in [0.2, 0.25) is 0 Å². The third-order valence-corrected chi connectivity index (χ3v) is 8.94. The molecule has 0 aromatic carbocycles. The Balaban J connectivity index is 3.59. The zero-order valence-electron chi connectivity index (χ0n) is 29.1. The van der Waals surface area contributed by atoms with Crippen LogP contribution in [-0.4, -0.2) is 35.7 Å². The average Bonchev–Trinajstić information content (AvgIpc) is 3.00. The van der Waals surface area contributed by atoms with Gasteiger partial charge in [-0.05, 0) is 12.8 Å². The third kappa shape index (κ3) is 32.3. The van der Waals surface area contributed by atoms with Crippen LogP contribution in [0.4, 0.5) is 0 Å². The average molecular weight is 595 g/mol. The predicted octanol–water partition coefficient (Wildman–Crippen LogP) is 11.8. The fourth-order valence-corrected chi connectivity index (χ4v) is 6.08. The van der Waals surface area contributed by atoms with Crippen molar-refractivity contribution in [3.05, 3.63) is 0 Å². The maximum Gasteiger partial charge on any atom is 0.236 e.